The van der Waals surface area contributed by atoms with Gasteiger partial charge in [0.25, 0.3) is 5.91 Å². The molecule has 0 radical (unpaired) electrons. The highest BCUT2D eigenvalue weighted by molar-refractivity contribution is 9.10. The van der Waals surface area contributed by atoms with Crippen LogP contribution in [0, 0.1) is 0 Å². The van der Waals surface area contributed by atoms with Crippen LogP contribution in [0.3, 0.4) is 0 Å². The topological polar surface area (TPSA) is 78.5 Å². The lowest BCUT2D eigenvalue weighted by Crippen LogP contribution is -2.34. The van der Waals surface area contributed by atoms with Gasteiger partial charge in [0.1, 0.15) is 0 Å². The summed E-state index contributed by atoms with van der Waals surface area (Å²) >= 11 is 8.50. The second-order valence-corrected chi connectivity index (χ2v) is 9.61. The summed E-state index contributed by atoms with van der Waals surface area (Å²) in [4.78, 5) is 12.5. The molecule has 2 rings (SSSR count). The molecule has 2 aromatic carbocycles. The number of thiocarbonyl (C=S) groups is 1. The highest BCUT2D eigenvalue weighted by Crippen LogP contribution is 2.19. The number of rotatable bonds is 8. The largest absolute Gasteiger partial charge is 0.332 e. The van der Waals surface area contributed by atoms with Gasteiger partial charge in [-0.25, -0.2) is 8.42 Å². The number of carbonyl (C=O) groups excluding carboxylic acids is 1. The molecule has 6 nitrogen and oxygen atoms in total. The maximum absolute atomic E-state index is 12.8. The number of hydrogen-bond acceptors (Lipinski definition) is 4. The van der Waals surface area contributed by atoms with Crippen LogP contribution in [-0.4, -0.2) is 36.8 Å². The Balaban J connectivity index is 2.04. The minimum absolute atomic E-state index is 0.129. The first kappa shape index (κ1) is 23.5. The smallest absolute Gasteiger partial charge is 0.257 e. The van der Waals surface area contributed by atoms with Crippen LogP contribution in [0.25, 0.3) is 0 Å². The van der Waals surface area contributed by atoms with Crippen LogP contribution in [0.1, 0.15) is 37.0 Å². The van der Waals surface area contributed by atoms with E-state index in [0.29, 0.717) is 24.3 Å². The Morgan fingerprint density at radius 3 is 2.24 bits per heavy atom. The number of halogens is 1. The first-order chi connectivity index (χ1) is 13.8. The van der Waals surface area contributed by atoms with E-state index in [1.54, 1.807) is 30.3 Å². The fourth-order valence-electron chi connectivity index (χ4n) is 2.68. The minimum Gasteiger partial charge on any atom is -0.332 e. The summed E-state index contributed by atoms with van der Waals surface area (Å²) in [6.45, 7) is 4.88. The summed E-state index contributed by atoms with van der Waals surface area (Å²) in [6.07, 6.45) is 1.51. The van der Waals surface area contributed by atoms with Crippen LogP contribution in [0.15, 0.2) is 57.9 Å². The fraction of sp³-hybridized carbons (Fsp3) is 0.300. The van der Waals surface area contributed by atoms with E-state index in [2.05, 4.69) is 26.6 Å². The van der Waals surface area contributed by atoms with Crippen molar-refractivity contribution in [2.24, 2.45) is 0 Å². The Labute approximate surface area is 185 Å². The SMILES string of the molecule is CCCN(CCC)S(=O)(=O)c1ccc(NC(=S)NC(=O)c2cccc(Br)c2)cc1. The van der Waals surface area contributed by atoms with E-state index in [0.717, 1.165) is 17.3 Å². The van der Waals surface area contributed by atoms with Crippen molar-refractivity contribution >= 4 is 54.9 Å². The van der Waals surface area contributed by atoms with Gasteiger partial charge in [-0.15, -0.1) is 0 Å². The van der Waals surface area contributed by atoms with Gasteiger partial charge in [-0.05, 0) is 67.5 Å². The van der Waals surface area contributed by atoms with Crippen molar-refractivity contribution in [1.82, 2.24) is 9.62 Å². The second-order valence-electron chi connectivity index (χ2n) is 6.35. The number of sulfonamides is 1. The van der Waals surface area contributed by atoms with Gasteiger partial charge in [-0.2, -0.15) is 4.31 Å². The predicted molar refractivity (Wildman–Crippen MR) is 124 cm³/mol. The number of nitrogens with one attached hydrogen (secondary N) is 2. The van der Waals surface area contributed by atoms with Crippen LogP contribution in [-0.2, 0) is 10.0 Å². The van der Waals surface area contributed by atoms with Crippen LogP contribution in [0.4, 0.5) is 5.69 Å². The molecule has 0 spiro atoms. The molecule has 1 amide bonds. The van der Waals surface area contributed by atoms with Gasteiger partial charge in [-0.3, -0.25) is 10.1 Å². The van der Waals surface area contributed by atoms with E-state index < -0.39 is 10.0 Å². The van der Waals surface area contributed by atoms with Crippen LogP contribution < -0.4 is 10.6 Å². The van der Waals surface area contributed by atoms with Crippen molar-refractivity contribution in [2.75, 3.05) is 18.4 Å². The Morgan fingerprint density at radius 1 is 1.07 bits per heavy atom. The standard InChI is InChI=1S/C20H24BrN3O3S2/c1-3-12-24(13-4-2)29(26,27)18-10-8-17(9-11-18)22-20(28)23-19(25)15-6-5-7-16(21)14-15/h5-11,14H,3-4,12-13H2,1-2H3,(H2,22,23,25,28). The first-order valence-electron chi connectivity index (χ1n) is 9.26. The molecule has 0 bridgehead atoms. The van der Waals surface area contributed by atoms with Crippen molar-refractivity contribution in [2.45, 2.75) is 31.6 Å². The average Bonchev–Trinajstić information content (AvgIpc) is 2.68. The highest BCUT2D eigenvalue weighted by atomic mass is 79.9. The molecular formula is C20H24BrN3O3S2. The van der Waals surface area contributed by atoms with Gasteiger partial charge in [-0.1, -0.05) is 35.8 Å². The average molecular weight is 498 g/mol. The summed E-state index contributed by atoms with van der Waals surface area (Å²) in [6, 6.07) is 13.3. The van der Waals surface area contributed by atoms with E-state index >= 15 is 0 Å². The lowest BCUT2D eigenvalue weighted by atomic mass is 10.2. The monoisotopic (exact) mass is 497 g/mol. The van der Waals surface area contributed by atoms with Gasteiger partial charge < -0.3 is 5.32 Å². The Hall–Kier alpha value is -1.81. The molecule has 2 aromatic rings. The van der Waals surface area contributed by atoms with E-state index in [9.17, 15) is 13.2 Å². The molecule has 0 aliphatic rings. The molecule has 0 heterocycles. The zero-order valence-corrected chi connectivity index (χ0v) is 19.5. The molecule has 0 saturated carbocycles. The lowest BCUT2D eigenvalue weighted by molar-refractivity contribution is 0.0977. The third-order valence-electron chi connectivity index (χ3n) is 4.01. The Morgan fingerprint density at radius 2 is 1.69 bits per heavy atom. The third-order valence-corrected chi connectivity index (χ3v) is 6.62. The van der Waals surface area contributed by atoms with Crippen LogP contribution >= 0.6 is 28.1 Å². The maximum Gasteiger partial charge on any atom is 0.257 e. The number of hydrogen-bond donors (Lipinski definition) is 2. The summed E-state index contributed by atoms with van der Waals surface area (Å²) in [5, 5.41) is 5.63. The zero-order valence-electron chi connectivity index (χ0n) is 16.3. The quantitative estimate of drug-likeness (QED) is 0.528. The molecule has 0 fully saturated rings. The molecular weight excluding hydrogens is 474 g/mol. The molecule has 0 aliphatic carbocycles. The van der Waals surface area contributed by atoms with Gasteiger partial charge in [0, 0.05) is 28.8 Å². The molecule has 0 atom stereocenters. The van der Waals surface area contributed by atoms with Crippen LogP contribution in [0.5, 0.6) is 0 Å². The number of nitrogens with zero attached hydrogens (tertiary/aromatic N) is 1. The third kappa shape index (κ3) is 6.60. The molecule has 156 valence electrons. The molecule has 2 N–H and O–H groups in total. The Kier molecular flexibility index (Phi) is 8.76. The van der Waals surface area contributed by atoms with Crippen molar-refractivity contribution in [3.63, 3.8) is 0 Å². The van der Waals surface area contributed by atoms with Gasteiger partial charge >= 0.3 is 0 Å². The summed E-state index contributed by atoms with van der Waals surface area (Å²) in [5.41, 5.74) is 1.05. The van der Waals surface area contributed by atoms with Crippen molar-refractivity contribution in [3.05, 3.63) is 58.6 Å². The summed E-state index contributed by atoms with van der Waals surface area (Å²) in [5.74, 6) is -0.335. The normalized spacial score (nSPS) is 11.3. The fourth-order valence-corrected chi connectivity index (χ4v) is 4.91. The molecule has 9 heteroatoms. The van der Waals surface area contributed by atoms with Gasteiger partial charge in [0.15, 0.2) is 5.11 Å². The van der Waals surface area contributed by atoms with Gasteiger partial charge in [0.2, 0.25) is 10.0 Å². The Bertz CT molecular complexity index is 957. The molecule has 0 aliphatic heterocycles. The van der Waals surface area contributed by atoms with E-state index in [1.165, 1.54) is 16.4 Å². The summed E-state index contributed by atoms with van der Waals surface area (Å²) < 4.78 is 27.9. The van der Waals surface area contributed by atoms with Crippen LogP contribution in [0.2, 0.25) is 0 Å². The molecule has 0 unspecified atom stereocenters. The maximum atomic E-state index is 12.8. The van der Waals surface area contributed by atoms with Crippen molar-refractivity contribution < 1.29 is 13.2 Å². The number of benzene rings is 2. The van der Waals surface area contributed by atoms with Gasteiger partial charge in [0.05, 0.1) is 4.90 Å². The number of carbonyl (C=O) groups is 1. The molecule has 29 heavy (non-hydrogen) atoms. The summed E-state index contributed by atoms with van der Waals surface area (Å²) in [7, 11) is -3.53. The lowest BCUT2D eigenvalue weighted by Gasteiger charge is -2.21. The first-order valence-corrected chi connectivity index (χ1v) is 11.9. The van der Waals surface area contributed by atoms with E-state index in [4.69, 9.17) is 12.2 Å². The molecule has 0 aromatic heterocycles. The number of anilines is 1. The molecule has 0 saturated heterocycles. The zero-order chi connectivity index (χ0) is 21.4. The van der Waals surface area contributed by atoms with E-state index in [-0.39, 0.29) is 15.9 Å². The second kappa shape index (κ2) is 10.8. The number of amides is 1. The van der Waals surface area contributed by atoms with Crippen molar-refractivity contribution in [3.8, 4) is 0 Å². The minimum atomic E-state index is -3.53. The predicted octanol–water partition coefficient (Wildman–Crippen LogP) is 4.39. The van der Waals surface area contributed by atoms with E-state index in [1.807, 2.05) is 19.9 Å². The highest BCUT2D eigenvalue weighted by Gasteiger charge is 2.22. The van der Waals surface area contributed by atoms with Crippen molar-refractivity contribution in [1.29, 1.82) is 0 Å².